The summed E-state index contributed by atoms with van der Waals surface area (Å²) in [6.45, 7) is 8.77. The highest BCUT2D eigenvalue weighted by molar-refractivity contribution is 6.73. The van der Waals surface area contributed by atoms with Crippen molar-refractivity contribution in [3.63, 3.8) is 0 Å². The van der Waals surface area contributed by atoms with E-state index >= 15 is 0 Å². The first kappa shape index (κ1) is 16.5. The van der Waals surface area contributed by atoms with Crippen LogP contribution in [0.4, 0.5) is 0 Å². The van der Waals surface area contributed by atoms with Gasteiger partial charge < -0.3 is 9.16 Å². The zero-order valence-electron chi connectivity index (χ0n) is 12.6. The van der Waals surface area contributed by atoms with E-state index in [0.717, 1.165) is 34.5 Å². The number of methoxy groups -OCH3 is 1. The first-order valence-corrected chi connectivity index (χ1v) is 9.94. The van der Waals surface area contributed by atoms with E-state index < -0.39 is 8.32 Å². The van der Waals surface area contributed by atoms with Gasteiger partial charge in [0.2, 0.25) is 0 Å². The molecule has 0 heterocycles. The molecule has 0 saturated carbocycles. The number of hydrogen-bond acceptors (Lipinski definition) is 2. The van der Waals surface area contributed by atoms with E-state index in [2.05, 4.69) is 27.7 Å². The summed E-state index contributed by atoms with van der Waals surface area (Å²) >= 11 is 6.32. The van der Waals surface area contributed by atoms with Crippen molar-refractivity contribution in [1.82, 2.24) is 0 Å². The molecule has 0 bridgehead atoms. The lowest BCUT2D eigenvalue weighted by Crippen LogP contribution is -2.36. The molecule has 0 fully saturated rings. The minimum absolute atomic E-state index is 0.0184. The highest BCUT2D eigenvalue weighted by atomic mass is 35.5. The van der Waals surface area contributed by atoms with Crippen LogP contribution in [0.5, 0.6) is 5.75 Å². The molecule has 1 atom stereocenters. The van der Waals surface area contributed by atoms with Gasteiger partial charge in [-0.3, -0.25) is 0 Å². The van der Waals surface area contributed by atoms with E-state index in [4.69, 9.17) is 20.8 Å². The SMILES string of the molecule is CC[Si](CC)(CC)OC(C)c1c(Cl)cccc1OC. The lowest BCUT2D eigenvalue weighted by Gasteiger charge is -2.32. The number of ether oxygens (including phenoxy) is 1. The third-order valence-electron chi connectivity index (χ3n) is 4.00. The summed E-state index contributed by atoms with van der Waals surface area (Å²) in [6.07, 6.45) is -0.0184. The number of hydrogen-bond donors (Lipinski definition) is 0. The second-order valence-corrected chi connectivity index (χ2v) is 9.99. The molecule has 2 nitrogen and oxygen atoms in total. The van der Waals surface area contributed by atoms with Gasteiger partial charge in [-0.2, -0.15) is 0 Å². The molecule has 1 rings (SSSR count). The summed E-state index contributed by atoms with van der Waals surface area (Å²) in [7, 11) is 0.0366. The summed E-state index contributed by atoms with van der Waals surface area (Å²) in [5.74, 6) is 0.811. The minimum atomic E-state index is -1.64. The van der Waals surface area contributed by atoms with Gasteiger partial charge in [0.05, 0.1) is 18.2 Å². The van der Waals surface area contributed by atoms with Gasteiger partial charge in [0.25, 0.3) is 0 Å². The molecule has 0 aliphatic rings. The van der Waals surface area contributed by atoms with Gasteiger partial charge in [0, 0.05) is 5.56 Å². The van der Waals surface area contributed by atoms with Crippen LogP contribution in [0.25, 0.3) is 0 Å². The molecule has 0 aliphatic carbocycles. The van der Waals surface area contributed by atoms with E-state index in [1.807, 2.05) is 18.2 Å². The first-order valence-electron chi connectivity index (χ1n) is 7.03. The Kier molecular flexibility index (Phi) is 6.37. The highest BCUT2D eigenvalue weighted by Gasteiger charge is 2.32. The fraction of sp³-hybridized carbons (Fsp3) is 0.600. The molecule has 19 heavy (non-hydrogen) atoms. The van der Waals surface area contributed by atoms with Gasteiger partial charge >= 0.3 is 0 Å². The zero-order chi connectivity index (χ0) is 14.5. The van der Waals surface area contributed by atoms with Crippen LogP contribution in [0.1, 0.15) is 39.4 Å². The van der Waals surface area contributed by atoms with Crippen LogP contribution in [-0.4, -0.2) is 15.4 Å². The summed E-state index contributed by atoms with van der Waals surface area (Å²) in [4.78, 5) is 0. The maximum Gasteiger partial charge on any atom is 0.192 e. The summed E-state index contributed by atoms with van der Waals surface area (Å²) < 4.78 is 11.9. The standard InChI is InChI=1S/C15H25ClO2Si/c1-6-19(7-2,8-3)18-12(4)15-13(16)10-9-11-14(15)17-5/h9-12H,6-8H2,1-5H3. The van der Waals surface area contributed by atoms with E-state index in [1.54, 1.807) is 7.11 Å². The Morgan fingerprint density at radius 3 is 2.21 bits per heavy atom. The monoisotopic (exact) mass is 300 g/mol. The van der Waals surface area contributed by atoms with Crippen LogP contribution in [-0.2, 0) is 4.43 Å². The molecular weight excluding hydrogens is 276 g/mol. The predicted octanol–water partition coefficient (Wildman–Crippen LogP) is 5.43. The Balaban J connectivity index is 3.03. The van der Waals surface area contributed by atoms with Gasteiger partial charge in [-0.05, 0) is 37.2 Å². The van der Waals surface area contributed by atoms with Gasteiger partial charge in [-0.25, -0.2) is 0 Å². The molecule has 0 radical (unpaired) electrons. The Morgan fingerprint density at radius 2 is 1.74 bits per heavy atom. The molecule has 0 aromatic heterocycles. The van der Waals surface area contributed by atoms with Crippen molar-refractivity contribution in [3.05, 3.63) is 28.8 Å². The summed E-state index contributed by atoms with van der Waals surface area (Å²) in [5, 5.41) is 0.720. The van der Waals surface area contributed by atoms with Crippen molar-refractivity contribution < 1.29 is 9.16 Å². The summed E-state index contributed by atoms with van der Waals surface area (Å²) in [6, 6.07) is 9.15. The van der Waals surface area contributed by atoms with Crippen LogP contribution in [0, 0.1) is 0 Å². The maximum atomic E-state index is 6.47. The Hall–Kier alpha value is -0.513. The number of rotatable bonds is 7. The molecular formula is C15H25ClO2Si. The number of halogens is 1. The van der Waals surface area contributed by atoms with Crippen LogP contribution in [0.2, 0.25) is 23.2 Å². The Labute approximate surface area is 123 Å². The van der Waals surface area contributed by atoms with Crippen molar-refractivity contribution in [2.75, 3.05) is 7.11 Å². The van der Waals surface area contributed by atoms with Gasteiger partial charge in [0.1, 0.15) is 5.75 Å². The van der Waals surface area contributed by atoms with Crippen LogP contribution in [0.15, 0.2) is 18.2 Å². The predicted molar refractivity (Wildman–Crippen MR) is 84.7 cm³/mol. The largest absolute Gasteiger partial charge is 0.496 e. The van der Waals surface area contributed by atoms with Crippen molar-refractivity contribution in [3.8, 4) is 5.75 Å². The van der Waals surface area contributed by atoms with Crippen molar-refractivity contribution in [2.24, 2.45) is 0 Å². The van der Waals surface area contributed by atoms with E-state index in [1.165, 1.54) is 0 Å². The van der Waals surface area contributed by atoms with Crippen molar-refractivity contribution >= 4 is 19.9 Å². The second kappa shape index (κ2) is 7.32. The molecule has 0 saturated heterocycles. The first-order chi connectivity index (χ1) is 9.03. The average Bonchev–Trinajstić information content (AvgIpc) is 2.44. The maximum absolute atomic E-state index is 6.47. The van der Waals surface area contributed by atoms with Crippen LogP contribution in [0.3, 0.4) is 0 Å². The molecule has 0 amide bonds. The van der Waals surface area contributed by atoms with E-state index in [9.17, 15) is 0 Å². The molecule has 0 N–H and O–H groups in total. The summed E-state index contributed by atoms with van der Waals surface area (Å²) in [5.41, 5.74) is 0.971. The van der Waals surface area contributed by atoms with Crippen LogP contribution >= 0.6 is 11.6 Å². The Bertz CT molecular complexity index is 397. The highest BCUT2D eigenvalue weighted by Crippen LogP contribution is 2.37. The normalized spacial score (nSPS) is 13.4. The average molecular weight is 301 g/mol. The van der Waals surface area contributed by atoms with E-state index in [0.29, 0.717) is 0 Å². The fourth-order valence-corrected chi connectivity index (χ4v) is 5.71. The lowest BCUT2D eigenvalue weighted by molar-refractivity contribution is 0.205. The quantitative estimate of drug-likeness (QED) is 0.625. The molecule has 4 heteroatoms. The zero-order valence-corrected chi connectivity index (χ0v) is 14.4. The van der Waals surface area contributed by atoms with Crippen molar-refractivity contribution in [2.45, 2.75) is 51.9 Å². The molecule has 108 valence electrons. The van der Waals surface area contributed by atoms with Gasteiger partial charge in [-0.1, -0.05) is 38.4 Å². The lowest BCUT2D eigenvalue weighted by atomic mass is 10.1. The smallest absolute Gasteiger partial charge is 0.192 e. The molecule has 1 aromatic carbocycles. The van der Waals surface area contributed by atoms with E-state index in [-0.39, 0.29) is 6.10 Å². The topological polar surface area (TPSA) is 18.5 Å². The molecule has 0 aliphatic heterocycles. The number of benzene rings is 1. The molecule has 1 unspecified atom stereocenters. The van der Waals surface area contributed by atoms with Crippen molar-refractivity contribution in [1.29, 1.82) is 0 Å². The third-order valence-corrected chi connectivity index (χ3v) is 9.05. The van der Waals surface area contributed by atoms with Gasteiger partial charge in [0.15, 0.2) is 8.32 Å². The minimum Gasteiger partial charge on any atom is -0.496 e. The Morgan fingerprint density at radius 1 is 1.16 bits per heavy atom. The second-order valence-electron chi connectivity index (χ2n) is 4.86. The fourth-order valence-electron chi connectivity index (χ4n) is 2.52. The van der Waals surface area contributed by atoms with Crippen LogP contribution < -0.4 is 4.74 Å². The third kappa shape index (κ3) is 3.74. The van der Waals surface area contributed by atoms with Gasteiger partial charge in [-0.15, -0.1) is 0 Å². The molecule has 0 spiro atoms. The molecule has 1 aromatic rings.